The highest BCUT2D eigenvalue weighted by molar-refractivity contribution is 5.60. The monoisotopic (exact) mass is 362 g/mol. The molecule has 0 unspecified atom stereocenters. The summed E-state index contributed by atoms with van der Waals surface area (Å²) in [6.07, 6.45) is 10.3. The van der Waals surface area contributed by atoms with Crippen LogP contribution in [0.1, 0.15) is 72.1 Å². The molecule has 4 nitrogen and oxygen atoms in total. The Bertz CT molecular complexity index is 599. The van der Waals surface area contributed by atoms with E-state index in [9.17, 15) is 9.90 Å². The highest BCUT2D eigenvalue weighted by Gasteiger charge is 2.60. The van der Waals surface area contributed by atoms with E-state index in [1.54, 1.807) is 0 Å². The Balaban J connectivity index is 1.55. The van der Waals surface area contributed by atoms with E-state index >= 15 is 0 Å². The molecule has 0 bridgehead atoms. The molecule has 4 aliphatic carbocycles. The zero-order valence-corrected chi connectivity index (χ0v) is 16.5. The average Bonchev–Trinajstić information content (AvgIpc) is 2.92. The van der Waals surface area contributed by atoms with Gasteiger partial charge in [0.2, 0.25) is 0 Å². The molecule has 0 aromatic heterocycles. The summed E-state index contributed by atoms with van der Waals surface area (Å²) in [6.45, 7) is 6.99. The van der Waals surface area contributed by atoms with Gasteiger partial charge in [-0.05, 0) is 81.5 Å². The number of aliphatic hydroxyl groups excluding tert-OH is 1. The second-order valence-electron chi connectivity index (χ2n) is 9.54. The van der Waals surface area contributed by atoms with Crippen LogP contribution in [0.3, 0.4) is 0 Å². The van der Waals surface area contributed by atoms with Crippen LogP contribution in [0.4, 0.5) is 4.79 Å². The number of fused-ring (bicyclic) bond motifs is 5. The van der Waals surface area contributed by atoms with Gasteiger partial charge >= 0.3 is 6.16 Å². The molecule has 4 heteroatoms. The Hall–Kier alpha value is -1.03. The zero-order chi connectivity index (χ0) is 18.5. The van der Waals surface area contributed by atoms with Gasteiger partial charge in [-0.1, -0.05) is 25.5 Å². The van der Waals surface area contributed by atoms with Gasteiger partial charge in [0, 0.05) is 5.41 Å². The Morgan fingerprint density at radius 2 is 1.96 bits per heavy atom. The van der Waals surface area contributed by atoms with Crippen LogP contribution < -0.4 is 0 Å². The van der Waals surface area contributed by atoms with Crippen LogP contribution in [-0.2, 0) is 9.47 Å². The molecule has 3 fully saturated rings. The van der Waals surface area contributed by atoms with Crippen LogP contribution >= 0.6 is 0 Å². The van der Waals surface area contributed by atoms with Crippen molar-refractivity contribution in [2.24, 2.45) is 28.6 Å². The van der Waals surface area contributed by atoms with E-state index in [0.29, 0.717) is 12.5 Å². The van der Waals surface area contributed by atoms with Gasteiger partial charge < -0.3 is 14.6 Å². The molecule has 4 rings (SSSR count). The molecule has 146 valence electrons. The number of hydrogen-bond donors (Lipinski definition) is 1. The Kier molecular flexibility index (Phi) is 4.61. The topological polar surface area (TPSA) is 55.8 Å². The SMILES string of the molecule is CCOC(=O)O[C@H]1CC[C@H]2[C@@H]3CCC4=C[C@@H](O)CC[C@]4(C)[C@H]3CC[C@]12C. The van der Waals surface area contributed by atoms with Crippen LogP contribution in [0.25, 0.3) is 0 Å². The van der Waals surface area contributed by atoms with Crippen molar-refractivity contribution in [3.05, 3.63) is 11.6 Å². The van der Waals surface area contributed by atoms with E-state index < -0.39 is 6.16 Å². The van der Waals surface area contributed by atoms with Crippen molar-refractivity contribution in [1.29, 1.82) is 0 Å². The molecule has 0 heterocycles. The predicted molar refractivity (Wildman–Crippen MR) is 99.6 cm³/mol. The third-order valence-corrected chi connectivity index (χ3v) is 8.50. The van der Waals surface area contributed by atoms with Crippen molar-refractivity contribution in [2.75, 3.05) is 6.61 Å². The summed E-state index contributed by atoms with van der Waals surface area (Å²) >= 11 is 0. The first-order valence-electron chi connectivity index (χ1n) is 10.6. The van der Waals surface area contributed by atoms with E-state index in [-0.39, 0.29) is 23.0 Å². The number of rotatable bonds is 2. The quantitative estimate of drug-likeness (QED) is 0.563. The summed E-state index contributed by atoms with van der Waals surface area (Å²) in [7, 11) is 0. The first kappa shape index (κ1) is 18.3. The number of hydrogen-bond acceptors (Lipinski definition) is 4. The van der Waals surface area contributed by atoms with Crippen molar-refractivity contribution >= 4 is 6.16 Å². The summed E-state index contributed by atoms with van der Waals surface area (Å²) in [5.74, 6) is 2.09. The van der Waals surface area contributed by atoms with E-state index in [0.717, 1.165) is 43.9 Å². The lowest BCUT2D eigenvalue weighted by Gasteiger charge is -2.58. The molecule has 0 saturated heterocycles. The lowest BCUT2D eigenvalue weighted by atomic mass is 9.47. The number of carbonyl (C=O) groups is 1. The second kappa shape index (κ2) is 6.54. The van der Waals surface area contributed by atoms with Gasteiger partial charge in [0.15, 0.2) is 0 Å². The number of aliphatic hydroxyl groups is 1. The molecule has 0 aromatic rings. The van der Waals surface area contributed by atoms with E-state index in [2.05, 4.69) is 19.9 Å². The summed E-state index contributed by atoms with van der Waals surface area (Å²) in [4.78, 5) is 11.9. The minimum atomic E-state index is -0.497. The molecule has 0 aromatic carbocycles. The third kappa shape index (κ3) is 2.71. The number of ether oxygens (including phenoxy) is 2. The first-order chi connectivity index (χ1) is 12.4. The molecule has 4 aliphatic rings. The standard InChI is InChI=1S/C22H34O4/c1-4-25-20(24)26-19-8-7-17-16-6-5-14-13-15(23)9-11-21(14,2)18(16)10-12-22(17,19)3/h13,15-19,23H,4-12H2,1-3H3/t15-,16-,17-,18-,19-,21-,22-/m0/s1. The van der Waals surface area contributed by atoms with Crippen molar-refractivity contribution in [3.8, 4) is 0 Å². The van der Waals surface area contributed by atoms with Crippen molar-refractivity contribution in [3.63, 3.8) is 0 Å². The average molecular weight is 363 g/mol. The number of carbonyl (C=O) groups excluding carboxylic acids is 1. The predicted octanol–water partition coefficient (Wildman–Crippen LogP) is 4.85. The largest absolute Gasteiger partial charge is 0.508 e. The van der Waals surface area contributed by atoms with Gasteiger partial charge in [0.25, 0.3) is 0 Å². The molecule has 3 saturated carbocycles. The Labute approximate surface area is 157 Å². The zero-order valence-electron chi connectivity index (χ0n) is 16.5. The minimum absolute atomic E-state index is 0.00502. The fourth-order valence-electron chi connectivity index (χ4n) is 7.12. The highest BCUT2D eigenvalue weighted by atomic mass is 16.7. The Morgan fingerprint density at radius 3 is 2.73 bits per heavy atom. The summed E-state index contributed by atoms with van der Waals surface area (Å²) in [5.41, 5.74) is 1.88. The molecule has 0 spiro atoms. The molecular formula is C22H34O4. The van der Waals surface area contributed by atoms with Crippen LogP contribution in [0.15, 0.2) is 11.6 Å². The van der Waals surface area contributed by atoms with Gasteiger partial charge in [0.1, 0.15) is 6.10 Å². The Morgan fingerprint density at radius 1 is 1.15 bits per heavy atom. The first-order valence-corrected chi connectivity index (χ1v) is 10.6. The highest BCUT2D eigenvalue weighted by Crippen LogP contribution is 2.65. The van der Waals surface area contributed by atoms with Crippen molar-refractivity contribution in [2.45, 2.75) is 84.3 Å². The summed E-state index contributed by atoms with van der Waals surface area (Å²) in [6, 6.07) is 0. The smallest absolute Gasteiger partial charge is 0.435 e. The summed E-state index contributed by atoms with van der Waals surface area (Å²) in [5, 5.41) is 10.1. The number of allylic oxidation sites excluding steroid dienone is 1. The lowest BCUT2D eigenvalue weighted by Crippen LogP contribution is -2.51. The van der Waals surface area contributed by atoms with E-state index in [1.165, 1.54) is 24.8 Å². The van der Waals surface area contributed by atoms with Gasteiger partial charge in [-0.2, -0.15) is 0 Å². The normalized spacial score (nSPS) is 47.2. The second-order valence-corrected chi connectivity index (χ2v) is 9.54. The van der Waals surface area contributed by atoms with Crippen LogP contribution in [-0.4, -0.2) is 30.1 Å². The molecule has 7 atom stereocenters. The maximum atomic E-state index is 11.9. The fourth-order valence-corrected chi connectivity index (χ4v) is 7.12. The van der Waals surface area contributed by atoms with Gasteiger partial charge in [-0.15, -0.1) is 0 Å². The minimum Gasteiger partial charge on any atom is -0.435 e. The fraction of sp³-hybridized carbons (Fsp3) is 0.864. The van der Waals surface area contributed by atoms with E-state index in [1.807, 2.05) is 6.92 Å². The van der Waals surface area contributed by atoms with Crippen LogP contribution in [0, 0.1) is 28.6 Å². The molecule has 1 N–H and O–H groups in total. The summed E-state index contributed by atoms with van der Waals surface area (Å²) < 4.78 is 10.8. The van der Waals surface area contributed by atoms with Crippen molar-refractivity contribution in [1.82, 2.24) is 0 Å². The van der Waals surface area contributed by atoms with Gasteiger partial charge in [0.05, 0.1) is 12.7 Å². The van der Waals surface area contributed by atoms with Gasteiger partial charge in [-0.3, -0.25) is 0 Å². The van der Waals surface area contributed by atoms with E-state index in [4.69, 9.17) is 9.47 Å². The van der Waals surface area contributed by atoms with Crippen LogP contribution in [0.2, 0.25) is 0 Å². The molecular weight excluding hydrogens is 328 g/mol. The van der Waals surface area contributed by atoms with Crippen LogP contribution in [0.5, 0.6) is 0 Å². The maximum absolute atomic E-state index is 11.9. The lowest BCUT2D eigenvalue weighted by molar-refractivity contribution is -0.0881. The molecule has 26 heavy (non-hydrogen) atoms. The third-order valence-electron chi connectivity index (χ3n) is 8.50. The van der Waals surface area contributed by atoms with Gasteiger partial charge in [-0.25, -0.2) is 4.79 Å². The molecule has 0 amide bonds. The van der Waals surface area contributed by atoms with Crippen molar-refractivity contribution < 1.29 is 19.4 Å². The molecule has 0 aliphatic heterocycles. The maximum Gasteiger partial charge on any atom is 0.508 e. The molecule has 0 radical (unpaired) electrons.